The Bertz CT molecular complexity index is 1490. The topological polar surface area (TPSA) is 71.7 Å². The molecule has 2 aromatic carbocycles. The largest absolute Gasteiger partial charge is 0.463 e. The first-order valence-electron chi connectivity index (χ1n) is 15.7. The van der Waals surface area contributed by atoms with Crippen LogP contribution in [0.2, 0.25) is 0 Å². The van der Waals surface area contributed by atoms with E-state index in [1.165, 1.54) is 11.1 Å². The van der Waals surface area contributed by atoms with Crippen LogP contribution in [0.3, 0.4) is 0 Å². The zero-order chi connectivity index (χ0) is 30.9. The first-order valence-corrected chi connectivity index (χ1v) is 15.7. The van der Waals surface area contributed by atoms with Gasteiger partial charge in [-0.25, -0.2) is 4.39 Å². The molecule has 230 valence electrons. The second-order valence-electron chi connectivity index (χ2n) is 13.4. The number of piperidine rings is 1. The molecule has 0 radical (unpaired) electrons. The smallest absolute Gasteiger partial charge is 0.310 e. The van der Waals surface area contributed by atoms with Crippen molar-refractivity contribution < 1.29 is 13.9 Å². The van der Waals surface area contributed by atoms with Gasteiger partial charge in [-0.3, -0.25) is 14.7 Å². The van der Waals surface area contributed by atoms with Crippen molar-refractivity contribution in [2.24, 2.45) is 11.1 Å². The van der Waals surface area contributed by atoms with E-state index in [1.807, 2.05) is 33.8 Å². The van der Waals surface area contributed by atoms with Gasteiger partial charge in [-0.15, -0.1) is 0 Å². The van der Waals surface area contributed by atoms with E-state index >= 15 is 0 Å². The Morgan fingerprint density at radius 3 is 2.49 bits per heavy atom. The molecule has 6 nitrogen and oxygen atoms in total. The van der Waals surface area contributed by atoms with Crippen LogP contribution in [0.1, 0.15) is 79.7 Å². The zero-order valence-electron chi connectivity index (χ0n) is 26.7. The lowest BCUT2D eigenvalue weighted by molar-refractivity contribution is -0.146. The maximum Gasteiger partial charge on any atom is 0.310 e. The van der Waals surface area contributed by atoms with Crippen molar-refractivity contribution >= 4 is 11.7 Å². The van der Waals surface area contributed by atoms with Crippen LogP contribution in [0.15, 0.2) is 36.4 Å². The summed E-state index contributed by atoms with van der Waals surface area (Å²) in [7, 11) is 0. The second kappa shape index (κ2) is 12.7. The molecule has 5 rings (SSSR count). The zero-order valence-corrected chi connectivity index (χ0v) is 26.7. The van der Waals surface area contributed by atoms with Gasteiger partial charge in [0.2, 0.25) is 0 Å². The summed E-state index contributed by atoms with van der Waals surface area (Å²) in [5, 5.41) is 0. The number of nitrogens with zero attached hydrogens (tertiary/aromatic N) is 3. The highest BCUT2D eigenvalue weighted by molar-refractivity contribution is 5.87. The maximum absolute atomic E-state index is 13.6. The molecule has 0 aliphatic carbocycles. The Hall–Kier alpha value is -3.29. The minimum Gasteiger partial charge on any atom is -0.463 e. The molecule has 0 spiro atoms. The van der Waals surface area contributed by atoms with E-state index in [1.54, 1.807) is 12.1 Å². The molecule has 3 aromatic rings. The number of halogens is 1. The molecule has 1 saturated heterocycles. The summed E-state index contributed by atoms with van der Waals surface area (Å²) in [6.45, 7) is 17.1. The second-order valence-corrected chi connectivity index (χ2v) is 13.4. The van der Waals surface area contributed by atoms with Crippen LogP contribution >= 0.6 is 0 Å². The minimum atomic E-state index is -0.230. The number of aromatic nitrogens is 1. The van der Waals surface area contributed by atoms with Crippen molar-refractivity contribution in [2.75, 3.05) is 24.5 Å². The normalized spacial score (nSPS) is 16.8. The van der Waals surface area contributed by atoms with Gasteiger partial charge in [0.25, 0.3) is 0 Å². The number of anilines is 1. The standard InChI is InChI=1S/C36H47FN4O2/c1-23(2)43-33(42)19-31-25(4)39-32(20-38)34(35(31)41-15-12-36(5,6)13-16-41)27-7-8-29-22-40(14-11-26(29)18-27)21-28-9-10-30(37)17-24(28)3/h7-10,17-18,23H,11-16,19-22,38H2,1-6H3. The number of carbonyl (C=O) groups is 1. The number of hydrogen-bond donors (Lipinski definition) is 1. The summed E-state index contributed by atoms with van der Waals surface area (Å²) in [5.74, 6) is -0.417. The fraction of sp³-hybridized carbons (Fsp3) is 0.500. The Kier molecular flexibility index (Phi) is 9.23. The minimum absolute atomic E-state index is 0.171. The lowest BCUT2D eigenvalue weighted by atomic mass is 9.81. The van der Waals surface area contributed by atoms with Crippen molar-refractivity contribution in [2.45, 2.75) is 93.0 Å². The van der Waals surface area contributed by atoms with Gasteiger partial charge in [0.05, 0.1) is 23.9 Å². The molecule has 0 amide bonds. The van der Waals surface area contributed by atoms with Gasteiger partial charge in [-0.2, -0.15) is 0 Å². The summed E-state index contributed by atoms with van der Waals surface area (Å²) >= 11 is 0. The van der Waals surface area contributed by atoms with Crippen LogP contribution in [0.4, 0.5) is 10.1 Å². The Balaban J connectivity index is 1.52. The molecule has 1 fully saturated rings. The van der Waals surface area contributed by atoms with Crippen molar-refractivity contribution in [3.8, 4) is 11.1 Å². The number of benzene rings is 2. The van der Waals surface area contributed by atoms with Gasteiger partial charge in [0, 0.05) is 56.1 Å². The van der Waals surface area contributed by atoms with Gasteiger partial charge >= 0.3 is 5.97 Å². The summed E-state index contributed by atoms with van der Waals surface area (Å²) < 4.78 is 19.2. The van der Waals surface area contributed by atoms with Crippen molar-refractivity contribution in [3.63, 3.8) is 0 Å². The van der Waals surface area contributed by atoms with Crippen molar-refractivity contribution in [1.29, 1.82) is 0 Å². The van der Waals surface area contributed by atoms with Crippen molar-refractivity contribution in [1.82, 2.24) is 9.88 Å². The number of pyridine rings is 1. The number of carbonyl (C=O) groups excluding carboxylic acids is 1. The van der Waals surface area contributed by atoms with Crippen LogP contribution in [0, 0.1) is 25.1 Å². The summed E-state index contributed by atoms with van der Waals surface area (Å²) in [4.78, 5) is 22.9. The molecule has 0 bridgehead atoms. The Morgan fingerprint density at radius 1 is 1.07 bits per heavy atom. The van der Waals surface area contributed by atoms with Crippen LogP contribution < -0.4 is 10.6 Å². The molecule has 3 heterocycles. The molecule has 0 unspecified atom stereocenters. The monoisotopic (exact) mass is 586 g/mol. The molecule has 0 atom stereocenters. The lowest BCUT2D eigenvalue weighted by Gasteiger charge is -2.40. The van der Waals surface area contributed by atoms with E-state index in [4.69, 9.17) is 15.5 Å². The van der Waals surface area contributed by atoms with E-state index in [9.17, 15) is 9.18 Å². The van der Waals surface area contributed by atoms with Gasteiger partial charge in [0.1, 0.15) is 5.82 Å². The van der Waals surface area contributed by atoms with Crippen LogP contribution in [0.25, 0.3) is 11.1 Å². The third-order valence-electron chi connectivity index (χ3n) is 9.15. The van der Waals surface area contributed by atoms with E-state index in [-0.39, 0.29) is 29.7 Å². The van der Waals surface area contributed by atoms with Gasteiger partial charge in [-0.05, 0) is 92.3 Å². The van der Waals surface area contributed by atoms with Gasteiger partial charge in [-0.1, -0.05) is 38.1 Å². The molecule has 1 aromatic heterocycles. The molecule has 2 N–H and O–H groups in total. The number of rotatable bonds is 8. The Morgan fingerprint density at radius 2 is 1.81 bits per heavy atom. The molecular weight excluding hydrogens is 539 g/mol. The summed E-state index contributed by atoms with van der Waals surface area (Å²) in [5.41, 5.74) is 17.3. The van der Waals surface area contributed by atoms with Crippen LogP contribution in [-0.4, -0.2) is 41.6 Å². The first kappa shape index (κ1) is 31.1. The van der Waals surface area contributed by atoms with Crippen LogP contribution in [0.5, 0.6) is 0 Å². The van der Waals surface area contributed by atoms with E-state index in [2.05, 4.69) is 41.8 Å². The molecular formula is C36H47FN4O2. The average molecular weight is 587 g/mol. The average Bonchev–Trinajstić information content (AvgIpc) is 2.95. The SMILES string of the molecule is Cc1cc(F)ccc1CN1CCc2cc(-c3c(CN)nc(C)c(CC(=O)OC(C)C)c3N3CCC(C)(C)CC3)ccc2C1. The van der Waals surface area contributed by atoms with Gasteiger partial charge < -0.3 is 15.4 Å². The molecule has 7 heteroatoms. The maximum atomic E-state index is 13.6. The van der Waals surface area contributed by atoms with Gasteiger partial charge in [0.15, 0.2) is 0 Å². The predicted molar refractivity (Wildman–Crippen MR) is 171 cm³/mol. The predicted octanol–water partition coefficient (Wildman–Crippen LogP) is 6.64. The lowest BCUT2D eigenvalue weighted by Crippen LogP contribution is -2.38. The highest BCUT2D eigenvalue weighted by Crippen LogP contribution is 2.42. The molecule has 2 aliphatic rings. The Labute approximate surface area is 256 Å². The number of ether oxygens (including phenoxy) is 1. The summed E-state index contributed by atoms with van der Waals surface area (Å²) in [6.07, 6.45) is 3.11. The van der Waals surface area contributed by atoms with E-state index in [0.717, 1.165) is 96.9 Å². The fourth-order valence-corrected chi connectivity index (χ4v) is 6.56. The quantitative estimate of drug-likeness (QED) is 0.298. The third-order valence-corrected chi connectivity index (χ3v) is 9.15. The molecule has 43 heavy (non-hydrogen) atoms. The number of esters is 1. The third kappa shape index (κ3) is 7.10. The van der Waals surface area contributed by atoms with Crippen molar-refractivity contribution in [3.05, 3.63) is 81.4 Å². The highest BCUT2D eigenvalue weighted by atomic mass is 19.1. The molecule has 0 saturated carbocycles. The number of hydrogen-bond acceptors (Lipinski definition) is 6. The van der Waals surface area contributed by atoms with Crippen LogP contribution in [-0.2, 0) is 42.0 Å². The number of nitrogens with two attached hydrogens (primary N) is 1. The summed E-state index contributed by atoms with van der Waals surface area (Å²) in [6, 6.07) is 11.8. The fourth-order valence-electron chi connectivity index (χ4n) is 6.56. The number of fused-ring (bicyclic) bond motifs is 1. The molecule has 2 aliphatic heterocycles. The van der Waals surface area contributed by atoms with E-state index in [0.29, 0.717) is 6.54 Å². The van der Waals surface area contributed by atoms with E-state index < -0.39 is 0 Å². The number of aryl methyl sites for hydroxylation is 2. The highest BCUT2D eigenvalue weighted by Gasteiger charge is 2.31. The first-order chi connectivity index (χ1) is 20.4.